The second kappa shape index (κ2) is 10.7. The normalized spacial score (nSPS) is 27.1. The second-order valence-electron chi connectivity index (χ2n) is 8.77. The minimum atomic E-state index is 0.540. The summed E-state index contributed by atoms with van der Waals surface area (Å²) in [7, 11) is 1.74. The molecule has 1 aromatic rings. The summed E-state index contributed by atoms with van der Waals surface area (Å²) in [4.78, 5) is 0. The van der Waals surface area contributed by atoms with Crippen molar-refractivity contribution in [1.29, 1.82) is 0 Å². The van der Waals surface area contributed by atoms with Crippen molar-refractivity contribution < 1.29 is 9.47 Å². The van der Waals surface area contributed by atoms with Crippen molar-refractivity contribution >= 4 is 0 Å². The predicted octanol–water partition coefficient (Wildman–Crippen LogP) is 7.60. The highest BCUT2D eigenvalue weighted by atomic mass is 16.5. The van der Waals surface area contributed by atoms with E-state index in [1.807, 2.05) is 13.0 Å². The lowest BCUT2D eigenvalue weighted by molar-refractivity contribution is 0.242. The number of methoxy groups -OCH3 is 1. The van der Waals surface area contributed by atoms with Crippen LogP contribution >= 0.6 is 0 Å². The minimum Gasteiger partial charge on any atom is -0.497 e. The molecule has 0 bridgehead atoms. The Morgan fingerprint density at radius 1 is 1.03 bits per heavy atom. The Morgan fingerprint density at radius 2 is 1.73 bits per heavy atom. The van der Waals surface area contributed by atoms with Crippen LogP contribution in [0.1, 0.15) is 64.4 Å². The molecule has 0 fully saturated rings. The average Bonchev–Trinajstić information content (AvgIpc) is 2.76. The van der Waals surface area contributed by atoms with Gasteiger partial charge in [-0.25, -0.2) is 0 Å². The first-order chi connectivity index (χ1) is 14.6. The average molecular weight is 407 g/mol. The summed E-state index contributed by atoms with van der Waals surface area (Å²) >= 11 is 0. The molecule has 0 saturated carbocycles. The van der Waals surface area contributed by atoms with Gasteiger partial charge >= 0.3 is 0 Å². The van der Waals surface area contributed by atoms with Crippen molar-refractivity contribution in [3.8, 4) is 5.75 Å². The number of ether oxygens (including phenoxy) is 2. The van der Waals surface area contributed by atoms with Gasteiger partial charge in [-0.3, -0.25) is 0 Å². The monoisotopic (exact) mass is 406 g/mol. The largest absolute Gasteiger partial charge is 0.497 e. The minimum absolute atomic E-state index is 0.540. The molecule has 0 saturated heterocycles. The zero-order valence-corrected chi connectivity index (χ0v) is 19.2. The molecule has 0 spiro atoms. The van der Waals surface area contributed by atoms with Gasteiger partial charge in [-0.1, -0.05) is 55.9 Å². The maximum atomic E-state index is 5.70. The number of hydrogen-bond donors (Lipinski definition) is 0. The molecule has 4 unspecified atom stereocenters. The summed E-state index contributed by atoms with van der Waals surface area (Å²) in [5.74, 6) is 4.40. The third-order valence-electron chi connectivity index (χ3n) is 6.86. The Labute approximate surface area is 183 Å². The molecule has 3 rings (SSSR count). The van der Waals surface area contributed by atoms with Crippen molar-refractivity contribution in [3.63, 3.8) is 0 Å². The molecular weight excluding hydrogens is 368 g/mol. The number of benzene rings is 1. The first kappa shape index (κ1) is 22.5. The molecule has 2 aliphatic carbocycles. The lowest BCUT2D eigenvalue weighted by Crippen LogP contribution is -2.29. The van der Waals surface area contributed by atoms with Gasteiger partial charge in [0.25, 0.3) is 0 Å². The molecule has 0 heterocycles. The van der Waals surface area contributed by atoms with Crippen molar-refractivity contribution in [1.82, 2.24) is 0 Å². The molecule has 2 nitrogen and oxygen atoms in total. The standard InChI is InChI=1S/C28H38O2/c1-6-9-25(30-7-2)11-8-10-23-14-12-20(3)27-21(4)13-19-26(28(23)27)22-15-17-24(29-5)18-16-22/h6,8-9,11,15-18,20-21,23,26H,1,7,10,12-14,19H2,2-5H3/b11-8-,25-9+. The Bertz CT molecular complexity index is 790. The molecule has 2 aliphatic rings. The molecule has 0 aliphatic heterocycles. The third kappa shape index (κ3) is 5.09. The van der Waals surface area contributed by atoms with E-state index in [-0.39, 0.29) is 0 Å². The maximum Gasteiger partial charge on any atom is 0.118 e. The van der Waals surface area contributed by atoms with Crippen LogP contribution < -0.4 is 4.74 Å². The highest BCUT2D eigenvalue weighted by molar-refractivity contribution is 5.40. The second-order valence-corrected chi connectivity index (χ2v) is 8.77. The van der Waals surface area contributed by atoms with E-state index in [1.54, 1.807) is 24.3 Å². The lowest BCUT2D eigenvalue weighted by atomic mass is 9.62. The Kier molecular flexibility index (Phi) is 8.01. The zero-order chi connectivity index (χ0) is 21.5. The van der Waals surface area contributed by atoms with E-state index < -0.39 is 0 Å². The predicted molar refractivity (Wildman–Crippen MR) is 127 cm³/mol. The molecule has 0 aromatic heterocycles. The summed E-state index contributed by atoms with van der Waals surface area (Å²) in [5.41, 5.74) is 4.92. The molecule has 0 radical (unpaired) electrons. The SMILES string of the molecule is C=C/C=C(\C=C/CC1CCC(C)C2=C1C(c1ccc(OC)cc1)CCC2C)OCC. The molecule has 0 amide bonds. The highest BCUT2D eigenvalue weighted by Crippen LogP contribution is 2.51. The zero-order valence-electron chi connectivity index (χ0n) is 19.2. The van der Waals surface area contributed by atoms with Crippen LogP contribution in [0.3, 0.4) is 0 Å². The molecule has 2 heteroatoms. The Hall–Kier alpha value is -2.22. The van der Waals surface area contributed by atoms with Crippen molar-refractivity contribution in [2.24, 2.45) is 17.8 Å². The first-order valence-electron chi connectivity index (χ1n) is 11.6. The van der Waals surface area contributed by atoms with Gasteiger partial charge < -0.3 is 9.47 Å². The van der Waals surface area contributed by atoms with E-state index in [9.17, 15) is 0 Å². The van der Waals surface area contributed by atoms with E-state index in [1.165, 1.54) is 31.2 Å². The third-order valence-corrected chi connectivity index (χ3v) is 6.86. The van der Waals surface area contributed by atoms with Crippen molar-refractivity contribution in [3.05, 3.63) is 77.6 Å². The van der Waals surface area contributed by atoms with Crippen LogP contribution in [0.15, 0.2) is 72.1 Å². The van der Waals surface area contributed by atoms with Gasteiger partial charge in [0.05, 0.1) is 13.7 Å². The molecule has 1 aromatic carbocycles. The molecule has 0 N–H and O–H groups in total. The molecule has 162 valence electrons. The maximum absolute atomic E-state index is 5.70. The number of allylic oxidation sites excluding steroid dienone is 6. The Morgan fingerprint density at radius 3 is 2.37 bits per heavy atom. The summed E-state index contributed by atoms with van der Waals surface area (Å²) < 4.78 is 11.1. The smallest absolute Gasteiger partial charge is 0.118 e. The quantitative estimate of drug-likeness (QED) is 0.251. The van der Waals surface area contributed by atoms with E-state index in [0.29, 0.717) is 30.3 Å². The van der Waals surface area contributed by atoms with Crippen LogP contribution in [0.2, 0.25) is 0 Å². The molecule has 4 atom stereocenters. The van der Waals surface area contributed by atoms with Crippen molar-refractivity contribution in [2.45, 2.75) is 58.8 Å². The van der Waals surface area contributed by atoms with Gasteiger partial charge in [-0.15, -0.1) is 0 Å². The lowest BCUT2D eigenvalue weighted by Gasteiger charge is -2.43. The summed E-state index contributed by atoms with van der Waals surface area (Å²) in [6, 6.07) is 8.78. The summed E-state index contributed by atoms with van der Waals surface area (Å²) in [5, 5.41) is 0. The summed E-state index contributed by atoms with van der Waals surface area (Å²) in [6.45, 7) is 11.4. The number of hydrogen-bond acceptors (Lipinski definition) is 2. The Balaban J connectivity index is 1.89. The topological polar surface area (TPSA) is 18.5 Å². The van der Waals surface area contributed by atoms with Gasteiger partial charge in [0.15, 0.2) is 0 Å². The highest BCUT2D eigenvalue weighted by Gasteiger charge is 2.37. The molecular formula is C28H38O2. The fourth-order valence-corrected chi connectivity index (χ4v) is 5.48. The van der Waals surface area contributed by atoms with Gasteiger partial charge in [0.1, 0.15) is 11.5 Å². The van der Waals surface area contributed by atoms with Crippen molar-refractivity contribution in [2.75, 3.05) is 13.7 Å². The van der Waals surface area contributed by atoms with Crippen LogP contribution in [0.5, 0.6) is 5.75 Å². The van der Waals surface area contributed by atoms with Gasteiger partial charge in [-0.2, -0.15) is 0 Å². The van der Waals surface area contributed by atoms with Crippen LogP contribution in [0.4, 0.5) is 0 Å². The van der Waals surface area contributed by atoms with Gasteiger partial charge in [0.2, 0.25) is 0 Å². The van der Waals surface area contributed by atoms with E-state index in [4.69, 9.17) is 9.47 Å². The van der Waals surface area contributed by atoms with E-state index in [0.717, 1.165) is 17.9 Å². The molecule has 30 heavy (non-hydrogen) atoms. The van der Waals surface area contributed by atoms with E-state index in [2.05, 4.69) is 56.8 Å². The van der Waals surface area contributed by atoms with Crippen LogP contribution in [0, 0.1) is 17.8 Å². The summed E-state index contributed by atoms with van der Waals surface area (Å²) in [6.07, 6.45) is 14.4. The first-order valence-corrected chi connectivity index (χ1v) is 11.6. The van der Waals surface area contributed by atoms with Crippen LogP contribution in [-0.2, 0) is 4.74 Å². The van der Waals surface area contributed by atoms with Gasteiger partial charge in [-0.05, 0) is 86.6 Å². The fraction of sp³-hybridized carbons (Fsp3) is 0.500. The number of rotatable bonds is 8. The fourth-order valence-electron chi connectivity index (χ4n) is 5.48. The van der Waals surface area contributed by atoms with Crippen LogP contribution in [-0.4, -0.2) is 13.7 Å². The van der Waals surface area contributed by atoms with E-state index >= 15 is 0 Å². The van der Waals surface area contributed by atoms with Crippen LogP contribution in [0.25, 0.3) is 0 Å². The van der Waals surface area contributed by atoms with Gasteiger partial charge in [0, 0.05) is 5.92 Å².